The molecule has 4 heteroatoms. The zero-order valence-electron chi connectivity index (χ0n) is 10.3. The van der Waals surface area contributed by atoms with Gasteiger partial charge in [-0.25, -0.2) is 0 Å². The Balaban J connectivity index is 2.35. The van der Waals surface area contributed by atoms with Crippen LogP contribution in [0.5, 0.6) is 0 Å². The van der Waals surface area contributed by atoms with E-state index in [-0.39, 0.29) is 5.91 Å². The van der Waals surface area contributed by atoms with Crippen molar-refractivity contribution < 1.29 is 4.79 Å². The van der Waals surface area contributed by atoms with Gasteiger partial charge in [0.15, 0.2) is 0 Å². The van der Waals surface area contributed by atoms with Crippen molar-refractivity contribution in [3.05, 3.63) is 28.6 Å². The maximum absolute atomic E-state index is 11.9. The number of rotatable bonds is 2. The molecule has 0 aliphatic heterocycles. The first-order valence-corrected chi connectivity index (χ1v) is 6.41. The number of nitrogens with one attached hydrogen (secondary N) is 1. The predicted molar refractivity (Wildman–Crippen MR) is 76.8 cm³/mol. The number of nitrogens with two attached hydrogens (primary N) is 1. The van der Waals surface area contributed by atoms with Crippen LogP contribution in [0, 0.1) is 18.8 Å². The monoisotopic (exact) mass is 258 g/mol. The van der Waals surface area contributed by atoms with Gasteiger partial charge >= 0.3 is 0 Å². The average Bonchev–Trinajstić information content (AvgIpc) is 2.67. The number of thiophene rings is 1. The minimum atomic E-state index is -0.158. The molecular formula is C14H14N2OS. The van der Waals surface area contributed by atoms with Crippen LogP contribution in [0.25, 0.3) is 10.1 Å². The third kappa shape index (κ3) is 2.31. The molecule has 0 aliphatic rings. The maximum atomic E-state index is 11.9. The van der Waals surface area contributed by atoms with E-state index in [1.165, 1.54) is 11.3 Å². The fourth-order valence-corrected chi connectivity index (χ4v) is 2.71. The first-order chi connectivity index (χ1) is 8.63. The Kier molecular flexibility index (Phi) is 3.54. The summed E-state index contributed by atoms with van der Waals surface area (Å²) in [5.74, 6) is 5.37. The van der Waals surface area contributed by atoms with Crippen LogP contribution in [-0.4, -0.2) is 12.5 Å². The molecule has 1 heterocycles. The van der Waals surface area contributed by atoms with Crippen molar-refractivity contribution in [2.75, 3.05) is 12.3 Å². The minimum Gasteiger partial charge on any atom is -0.397 e. The SMILES string of the molecule is CC#CCNC(=O)c1sc2ccc(C)cc2c1N. The molecular weight excluding hydrogens is 244 g/mol. The third-order valence-electron chi connectivity index (χ3n) is 2.60. The van der Waals surface area contributed by atoms with E-state index in [4.69, 9.17) is 5.73 Å². The van der Waals surface area contributed by atoms with E-state index < -0.39 is 0 Å². The van der Waals surface area contributed by atoms with Crippen LogP contribution >= 0.6 is 11.3 Å². The molecule has 2 aromatic rings. The van der Waals surface area contributed by atoms with Gasteiger partial charge in [0, 0.05) is 10.1 Å². The highest BCUT2D eigenvalue weighted by Gasteiger charge is 2.15. The standard InChI is InChI=1S/C14H14N2OS/c1-3-4-7-16-14(17)13-12(15)10-8-9(2)5-6-11(10)18-13/h5-6,8H,7,15H2,1-2H3,(H,16,17). The molecule has 2 rings (SSSR count). The highest BCUT2D eigenvalue weighted by atomic mass is 32.1. The maximum Gasteiger partial charge on any atom is 0.264 e. The molecule has 0 saturated carbocycles. The second-order valence-electron chi connectivity index (χ2n) is 3.95. The molecule has 1 aromatic heterocycles. The van der Waals surface area contributed by atoms with Gasteiger partial charge in [-0.05, 0) is 26.0 Å². The van der Waals surface area contributed by atoms with Crippen molar-refractivity contribution in [1.82, 2.24) is 5.32 Å². The van der Waals surface area contributed by atoms with Crippen LogP contribution < -0.4 is 11.1 Å². The zero-order chi connectivity index (χ0) is 13.1. The van der Waals surface area contributed by atoms with Crippen LogP contribution in [0.3, 0.4) is 0 Å². The number of carbonyl (C=O) groups is 1. The van der Waals surface area contributed by atoms with Crippen molar-refractivity contribution in [3.8, 4) is 11.8 Å². The average molecular weight is 258 g/mol. The van der Waals surface area contributed by atoms with Gasteiger partial charge in [0.05, 0.1) is 12.2 Å². The van der Waals surface area contributed by atoms with Crippen LogP contribution in [0.15, 0.2) is 18.2 Å². The molecule has 0 aliphatic carbocycles. The Morgan fingerprint density at radius 3 is 3.00 bits per heavy atom. The molecule has 0 spiro atoms. The molecule has 1 aromatic carbocycles. The van der Waals surface area contributed by atoms with E-state index in [0.717, 1.165) is 15.6 Å². The topological polar surface area (TPSA) is 55.1 Å². The number of amides is 1. The Morgan fingerprint density at radius 1 is 1.50 bits per heavy atom. The molecule has 92 valence electrons. The summed E-state index contributed by atoms with van der Waals surface area (Å²) in [5.41, 5.74) is 7.72. The second kappa shape index (κ2) is 5.11. The Bertz CT molecular complexity index is 661. The molecule has 3 N–H and O–H groups in total. The van der Waals surface area contributed by atoms with E-state index in [1.54, 1.807) is 6.92 Å². The van der Waals surface area contributed by atoms with E-state index in [2.05, 4.69) is 17.2 Å². The first-order valence-electron chi connectivity index (χ1n) is 5.60. The van der Waals surface area contributed by atoms with Gasteiger partial charge in [-0.1, -0.05) is 17.6 Å². The fraction of sp³-hybridized carbons (Fsp3) is 0.214. The van der Waals surface area contributed by atoms with E-state index in [9.17, 15) is 4.79 Å². The number of aryl methyl sites for hydroxylation is 1. The molecule has 1 amide bonds. The van der Waals surface area contributed by atoms with Crippen molar-refractivity contribution in [1.29, 1.82) is 0 Å². The Hall–Kier alpha value is -1.99. The van der Waals surface area contributed by atoms with Gasteiger partial charge in [0.25, 0.3) is 5.91 Å². The molecule has 0 radical (unpaired) electrons. The molecule has 0 atom stereocenters. The van der Waals surface area contributed by atoms with Crippen molar-refractivity contribution in [2.24, 2.45) is 0 Å². The molecule has 0 saturated heterocycles. The summed E-state index contributed by atoms with van der Waals surface area (Å²) >= 11 is 1.41. The number of carbonyl (C=O) groups excluding carboxylic acids is 1. The van der Waals surface area contributed by atoms with Gasteiger partial charge in [0.2, 0.25) is 0 Å². The lowest BCUT2D eigenvalue weighted by atomic mass is 10.1. The molecule has 0 unspecified atom stereocenters. The lowest BCUT2D eigenvalue weighted by molar-refractivity contribution is 0.0963. The normalized spacial score (nSPS) is 9.89. The van der Waals surface area contributed by atoms with Crippen LogP contribution in [0.1, 0.15) is 22.2 Å². The smallest absolute Gasteiger partial charge is 0.264 e. The van der Waals surface area contributed by atoms with Crippen molar-refractivity contribution in [3.63, 3.8) is 0 Å². The molecule has 18 heavy (non-hydrogen) atoms. The fourth-order valence-electron chi connectivity index (χ4n) is 1.69. The lowest BCUT2D eigenvalue weighted by Crippen LogP contribution is -2.23. The van der Waals surface area contributed by atoms with E-state index in [1.807, 2.05) is 25.1 Å². The quantitative estimate of drug-likeness (QED) is 0.813. The summed E-state index contributed by atoms with van der Waals surface area (Å²) in [6, 6.07) is 6.01. The van der Waals surface area contributed by atoms with Crippen molar-refractivity contribution >= 4 is 33.0 Å². The molecule has 3 nitrogen and oxygen atoms in total. The minimum absolute atomic E-state index is 0.158. The van der Waals surface area contributed by atoms with Crippen LogP contribution in [0.4, 0.5) is 5.69 Å². The number of benzene rings is 1. The summed E-state index contributed by atoms with van der Waals surface area (Å²) in [5, 5.41) is 3.68. The zero-order valence-corrected chi connectivity index (χ0v) is 11.1. The van der Waals surface area contributed by atoms with Gasteiger partial charge in [-0.15, -0.1) is 17.3 Å². The van der Waals surface area contributed by atoms with Gasteiger partial charge in [-0.3, -0.25) is 4.79 Å². The van der Waals surface area contributed by atoms with Crippen LogP contribution in [0.2, 0.25) is 0 Å². The lowest BCUT2D eigenvalue weighted by Gasteiger charge is -1.99. The van der Waals surface area contributed by atoms with Gasteiger partial charge < -0.3 is 11.1 Å². The number of fused-ring (bicyclic) bond motifs is 1. The summed E-state index contributed by atoms with van der Waals surface area (Å²) in [7, 11) is 0. The third-order valence-corrected chi connectivity index (χ3v) is 3.79. The largest absolute Gasteiger partial charge is 0.397 e. The highest BCUT2D eigenvalue weighted by Crippen LogP contribution is 2.33. The number of hydrogen-bond donors (Lipinski definition) is 2. The summed E-state index contributed by atoms with van der Waals surface area (Å²) in [4.78, 5) is 12.5. The Labute approximate surface area is 110 Å². The van der Waals surface area contributed by atoms with Gasteiger partial charge in [0.1, 0.15) is 4.88 Å². The summed E-state index contributed by atoms with van der Waals surface area (Å²) in [6.07, 6.45) is 0. The number of nitrogen functional groups attached to an aromatic ring is 1. The van der Waals surface area contributed by atoms with E-state index >= 15 is 0 Å². The van der Waals surface area contributed by atoms with Crippen molar-refractivity contribution in [2.45, 2.75) is 13.8 Å². The molecule has 0 fully saturated rings. The number of anilines is 1. The Morgan fingerprint density at radius 2 is 2.28 bits per heavy atom. The second-order valence-corrected chi connectivity index (χ2v) is 5.01. The molecule has 0 bridgehead atoms. The first kappa shape index (κ1) is 12.5. The highest BCUT2D eigenvalue weighted by molar-refractivity contribution is 7.21. The van der Waals surface area contributed by atoms with Gasteiger partial charge in [-0.2, -0.15) is 0 Å². The van der Waals surface area contributed by atoms with E-state index in [0.29, 0.717) is 17.1 Å². The summed E-state index contributed by atoms with van der Waals surface area (Å²) < 4.78 is 1.03. The summed E-state index contributed by atoms with van der Waals surface area (Å²) in [6.45, 7) is 4.10. The predicted octanol–water partition coefficient (Wildman–Crippen LogP) is 2.55. The number of hydrogen-bond acceptors (Lipinski definition) is 3. The van der Waals surface area contributed by atoms with Crippen LogP contribution in [-0.2, 0) is 0 Å².